The van der Waals surface area contributed by atoms with Crippen LogP contribution < -0.4 is 5.32 Å². The summed E-state index contributed by atoms with van der Waals surface area (Å²) in [6.07, 6.45) is 4.59. The molecular formula is C24H30N2O3S. The number of aromatic hydroxyl groups is 1. The molecule has 2 fully saturated rings. The lowest BCUT2D eigenvalue weighted by atomic mass is 9.52. The number of hydrogen-bond acceptors (Lipinski definition) is 4. The van der Waals surface area contributed by atoms with Crippen molar-refractivity contribution in [1.29, 1.82) is 0 Å². The number of phenols is 1. The normalized spacial score (nSPS) is 30.5. The van der Waals surface area contributed by atoms with Crippen LogP contribution in [0, 0.1) is 5.92 Å². The summed E-state index contributed by atoms with van der Waals surface area (Å²) in [5.74, 6) is 0.923. The smallest absolute Gasteiger partial charge is 0.218 e. The van der Waals surface area contributed by atoms with E-state index in [-0.39, 0.29) is 17.2 Å². The minimum absolute atomic E-state index is 0.0120. The molecule has 2 aromatic carbocycles. The second kappa shape index (κ2) is 7.36. The lowest BCUT2D eigenvalue weighted by molar-refractivity contribution is 0.0487. The fourth-order valence-electron chi connectivity index (χ4n) is 6.38. The number of piperidine rings is 1. The summed E-state index contributed by atoms with van der Waals surface area (Å²) in [6, 6.07) is 15.7. The van der Waals surface area contributed by atoms with E-state index in [1.807, 2.05) is 36.4 Å². The maximum absolute atomic E-state index is 13.2. The van der Waals surface area contributed by atoms with Crippen LogP contribution in [0.2, 0.25) is 0 Å². The molecule has 3 aliphatic rings. The van der Waals surface area contributed by atoms with Crippen molar-refractivity contribution in [2.75, 3.05) is 13.6 Å². The monoisotopic (exact) mass is 426 g/mol. The maximum Gasteiger partial charge on any atom is 0.218 e. The zero-order chi connectivity index (χ0) is 20.9. The SMILES string of the molecule is CN([C@H]1CC[C@H]2[C@H]3Cc4c(O)cccc4[C@@]2(CCN3)C1)S(=O)(=O)Cc1ccccc1. The Morgan fingerprint density at radius 2 is 1.93 bits per heavy atom. The minimum Gasteiger partial charge on any atom is -0.508 e. The zero-order valence-electron chi connectivity index (χ0n) is 17.4. The quantitative estimate of drug-likeness (QED) is 0.788. The van der Waals surface area contributed by atoms with Crippen molar-refractivity contribution in [3.8, 4) is 5.75 Å². The van der Waals surface area contributed by atoms with Gasteiger partial charge in [-0.25, -0.2) is 12.7 Å². The number of nitrogens with one attached hydrogen (secondary N) is 1. The Balaban J connectivity index is 1.46. The summed E-state index contributed by atoms with van der Waals surface area (Å²) in [6.45, 7) is 0.948. The standard InChI is InChI=1S/C24H30N2O3S/c1-26(30(28,29)16-17-6-3-2-4-7-17)18-10-11-21-22-14-19-20(8-5-9-23(19)27)24(21,15-18)12-13-25-22/h2-9,18,21-22,25,27H,10-16H2,1H3/t18-,21-,22+,24+/m0/s1. The third kappa shape index (κ3) is 3.17. The van der Waals surface area contributed by atoms with Crippen LogP contribution in [0.3, 0.4) is 0 Å². The summed E-state index contributed by atoms with van der Waals surface area (Å²) in [5.41, 5.74) is 3.08. The largest absolute Gasteiger partial charge is 0.508 e. The number of hydrogen-bond donors (Lipinski definition) is 2. The molecule has 4 atom stereocenters. The third-order valence-corrected chi connectivity index (χ3v) is 9.71. The van der Waals surface area contributed by atoms with Gasteiger partial charge < -0.3 is 10.4 Å². The van der Waals surface area contributed by atoms with Gasteiger partial charge in [0.2, 0.25) is 10.0 Å². The second-order valence-electron chi connectivity index (χ2n) is 9.27. The highest BCUT2D eigenvalue weighted by Gasteiger charge is 2.54. The van der Waals surface area contributed by atoms with Gasteiger partial charge in [0, 0.05) is 24.5 Å². The lowest BCUT2D eigenvalue weighted by Crippen LogP contribution is -2.62. The van der Waals surface area contributed by atoms with Gasteiger partial charge in [-0.2, -0.15) is 0 Å². The zero-order valence-corrected chi connectivity index (χ0v) is 18.2. The Hall–Kier alpha value is -1.89. The molecule has 2 N–H and O–H groups in total. The van der Waals surface area contributed by atoms with Gasteiger partial charge in [0.1, 0.15) is 5.75 Å². The molecule has 0 radical (unpaired) electrons. The van der Waals surface area contributed by atoms with Gasteiger partial charge >= 0.3 is 0 Å². The minimum atomic E-state index is -3.40. The highest BCUT2D eigenvalue weighted by Crippen LogP contribution is 2.55. The number of nitrogens with zero attached hydrogens (tertiary/aromatic N) is 1. The topological polar surface area (TPSA) is 69.6 Å². The van der Waals surface area contributed by atoms with Gasteiger partial charge in [-0.3, -0.25) is 0 Å². The lowest BCUT2D eigenvalue weighted by Gasteiger charge is -2.58. The predicted molar refractivity (Wildman–Crippen MR) is 118 cm³/mol. The van der Waals surface area contributed by atoms with Crippen molar-refractivity contribution in [2.24, 2.45) is 5.92 Å². The average Bonchev–Trinajstić information content (AvgIpc) is 2.74. The van der Waals surface area contributed by atoms with Gasteiger partial charge in [0.25, 0.3) is 0 Å². The molecule has 2 bridgehead atoms. The summed E-state index contributed by atoms with van der Waals surface area (Å²) in [5, 5.41) is 14.2. The van der Waals surface area contributed by atoms with Gasteiger partial charge in [-0.15, -0.1) is 0 Å². The van der Waals surface area contributed by atoms with E-state index in [0.29, 0.717) is 17.7 Å². The summed E-state index contributed by atoms with van der Waals surface area (Å²) in [7, 11) is -1.64. The molecule has 1 heterocycles. The van der Waals surface area contributed by atoms with E-state index >= 15 is 0 Å². The average molecular weight is 427 g/mol. The van der Waals surface area contributed by atoms with E-state index in [1.165, 1.54) is 5.56 Å². The molecule has 2 aliphatic carbocycles. The van der Waals surface area contributed by atoms with Crippen molar-refractivity contribution < 1.29 is 13.5 Å². The Bertz CT molecular complexity index is 1040. The number of benzene rings is 2. The first kappa shape index (κ1) is 20.0. The van der Waals surface area contributed by atoms with Crippen LogP contribution >= 0.6 is 0 Å². The van der Waals surface area contributed by atoms with Crippen molar-refractivity contribution in [2.45, 2.75) is 55.4 Å². The summed E-state index contributed by atoms with van der Waals surface area (Å²) in [4.78, 5) is 0. The molecule has 6 heteroatoms. The molecule has 5 nitrogen and oxygen atoms in total. The Labute approximate surface area is 179 Å². The third-order valence-electron chi connectivity index (χ3n) is 7.84. The first-order chi connectivity index (χ1) is 14.4. The molecule has 0 spiro atoms. The molecule has 1 aliphatic heterocycles. The molecule has 1 saturated heterocycles. The van der Waals surface area contributed by atoms with E-state index in [1.54, 1.807) is 17.4 Å². The van der Waals surface area contributed by atoms with Crippen LogP contribution in [0.4, 0.5) is 0 Å². The molecule has 0 aromatic heterocycles. The number of sulfonamides is 1. The van der Waals surface area contributed by atoms with E-state index < -0.39 is 10.0 Å². The fraction of sp³-hybridized carbons (Fsp3) is 0.500. The van der Waals surface area contributed by atoms with Crippen molar-refractivity contribution in [1.82, 2.24) is 9.62 Å². The molecule has 5 rings (SSSR count). The van der Waals surface area contributed by atoms with E-state index in [2.05, 4.69) is 11.4 Å². The maximum atomic E-state index is 13.2. The number of phenolic OH excluding ortho intramolecular Hbond substituents is 1. The van der Waals surface area contributed by atoms with E-state index in [9.17, 15) is 13.5 Å². The van der Waals surface area contributed by atoms with Crippen molar-refractivity contribution in [3.05, 3.63) is 65.2 Å². The molecule has 0 amide bonds. The number of fused-ring (bicyclic) bond motifs is 1. The Morgan fingerprint density at radius 1 is 1.13 bits per heavy atom. The van der Waals surface area contributed by atoms with E-state index in [4.69, 9.17) is 0 Å². The predicted octanol–water partition coefficient (Wildman–Crippen LogP) is 3.18. The van der Waals surface area contributed by atoms with E-state index in [0.717, 1.165) is 49.8 Å². The van der Waals surface area contributed by atoms with Crippen LogP contribution in [-0.4, -0.2) is 43.5 Å². The highest BCUT2D eigenvalue weighted by molar-refractivity contribution is 7.88. The van der Waals surface area contributed by atoms with Crippen LogP contribution in [0.25, 0.3) is 0 Å². The Kier molecular flexibility index (Phi) is 4.92. The van der Waals surface area contributed by atoms with Gasteiger partial charge in [-0.1, -0.05) is 42.5 Å². The molecule has 160 valence electrons. The summed E-state index contributed by atoms with van der Waals surface area (Å²) >= 11 is 0. The summed E-state index contributed by atoms with van der Waals surface area (Å²) < 4.78 is 28.0. The van der Waals surface area contributed by atoms with Gasteiger partial charge in [0.05, 0.1) is 5.75 Å². The highest BCUT2D eigenvalue weighted by atomic mass is 32.2. The second-order valence-corrected chi connectivity index (χ2v) is 11.3. The van der Waals surface area contributed by atoms with Crippen molar-refractivity contribution in [3.63, 3.8) is 0 Å². The molecule has 30 heavy (non-hydrogen) atoms. The van der Waals surface area contributed by atoms with Crippen LogP contribution in [0.5, 0.6) is 5.75 Å². The number of rotatable bonds is 4. The van der Waals surface area contributed by atoms with Crippen LogP contribution in [0.15, 0.2) is 48.5 Å². The molecule has 0 unspecified atom stereocenters. The molecule has 1 saturated carbocycles. The van der Waals surface area contributed by atoms with Crippen LogP contribution in [0.1, 0.15) is 42.4 Å². The Morgan fingerprint density at radius 3 is 2.73 bits per heavy atom. The first-order valence-corrected chi connectivity index (χ1v) is 12.6. The first-order valence-electron chi connectivity index (χ1n) is 10.9. The molecule has 2 aromatic rings. The molecular weight excluding hydrogens is 396 g/mol. The van der Waals surface area contributed by atoms with Crippen molar-refractivity contribution >= 4 is 10.0 Å². The van der Waals surface area contributed by atoms with Gasteiger partial charge in [0.15, 0.2) is 0 Å². The fourth-order valence-corrected chi connectivity index (χ4v) is 7.83. The van der Waals surface area contributed by atoms with Gasteiger partial charge in [-0.05, 0) is 67.3 Å². The van der Waals surface area contributed by atoms with Crippen LogP contribution in [-0.2, 0) is 27.6 Å².